The molecule has 0 radical (unpaired) electrons. The van der Waals surface area contributed by atoms with Crippen LogP contribution >= 0.6 is 0 Å². The van der Waals surface area contributed by atoms with Crippen LogP contribution in [0.5, 0.6) is 5.88 Å². The number of ether oxygens (including phenoxy) is 1. The highest BCUT2D eigenvalue weighted by molar-refractivity contribution is 5.85. The van der Waals surface area contributed by atoms with E-state index in [1.165, 1.54) is 12.3 Å². The summed E-state index contributed by atoms with van der Waals surface area (Å²) < 4.78 is 21.9. The van der Waals surface area contributed by atoms with Gasteiger partial charge in [0.1, 0.15) is 28.6 Å². The van der Waals surface area contributed by atoms with Crippen LogP contribution in [0.3, 0.4) is 0 Å². The number of hydrogen-bond acceptors (Lipinski definition) is 8. The molecular formula is C24H27FN8O2. The largest absolute Gasteiger partial charge is 0.471 e. The van der Waals surface area contributed by atoms with Gasteiger partial charge < -0.3 is 19.9 Å². The summed E-state index contributed by atoms with van der Waals surface area (Å²) in [4.78, 5) is 33.8. The van der Waals surface area contributed by atoms with Gasteiger partial charge in [-0.2, -0.15) is 4.98 Å². The third-order valence-corrected chi connectivity index (χ3v) is 6.49. The Labute approximate surface area is 201 Å². The summed E-state index contributed by atoms with van der Waals surface area (Å²) in [5.41, 5.74) is 6.91. The lowest BCUT2D eigenvalue weighted by Crippen LogP contribution is -2.39. The number of anilines is 1. The molecule has 35 heavy (non-hydrogen) atoms. The maximum absolute atomic E-state index is 13.9. The van der Waals surface area contributed by atoms with Crippen LogP contribution in [0.25, 0.3) is 22.6 Å². The molecule has 0 aliphatic carbocycles. The van der Waals surface area contributed by atoms with E-state index in [9.17, 15) is 9.18 Å². The molecule has 3 N–H and O–H groups in total. The van der Waals surface area contributed by atoms with Gasteiger partial charge in [0.15, 0.2) is 5.65 Å². The van der Waals surface area contributed by atoms with Crippen molar-refractivity contribution in [2.45, 2.75) is 32.4 Å². The Morgan fingerprint density at radius 1 is 1.26 bits per heavy atom. The van der Waals surface area contributed by atoms with Crippen LogP contribution < -0.4 is 16.2 Å². The van der Waals surface area contributed by atoms with Crippen LogP contribution in [0, 0.1) is 11.7 Å². The fourth-order valence-corrected chi connectivity index (χ4v) is 4.54. The summed E-state index contributed by atoms with van der Waals surface area (Å²) in [6, 6.07) is 5.04. The van der Waals surface area contributed by atoms with E-state index in [4.69, 9.17) is 10.5 Å². The number of halogens is 1. The SMILES string of the molecule is CN1CC[C@H](C(C)(C)Oc2ccc(Cn3c(-c4cncc(F)c4)nc4c(N)[nH]c(=O)nc43)cn2)C1. The number of aromatic nitrogens is 6. The number of hydrogen-bond donors (Lipinski definition) is 2. The standard InChI is InChI=1S/C24H27FN8O2/c1-24(2,16-6-7-32(3)13-16)35-18-5-4-14(9-28-18)12-33-21(15-8-17(25)11-27-10-15)29-19-20(26)30-23(34)31-22(19)33/h4-5,8-11,16H,6-7,12-13H2,1-3H3,(H3,26,30,31,34)/t16-/m0/s1. The van der Waals surface area contributed by atoms with Crippen LogP contribution in [0.15, 0.2) is 41.6 Å². The quantitative estimate of drug-likeness (QED) is 0.433. The molecule has 10 nitrogen and oxygen atoms in total. The molecule has 4 aromatic heterocycles. The number of imidazole rings is 1. The third kappa shape index (κ3) is 4.59. The monoisotopic (exact) mass is 478 g/mol. The fraction of sp³-hybridized carbons (Fsp3) is 0.375. The van der Waals surface area contributed by atoms with Crippen molar-refractivity contribution in [3.63, 3.8) is 0 Å². The zero-order valence-corrected chi connectivity index (χ0v) is 19.8. The first-order valence-electron chi connectivity index (χ1n) is 11.4. The molecule has 1 saturated heterocycles. The normalized spacial score (nSPS) is 16.7. The van der Waals surface area contributed by atoms with E-state index in [1.807, 2.05) is 12.1 Å². The van der Waals surface area contributed by atoms with Crippen LogP contribution in [-0.4, -0.2) is 60.1 Å². The van der Waals surface area contributed by atoms with Crippen LogP contribution in [0.4, 0.5) is 10.2 Å². The van der Waals surface area contributed by atoms with Crippen molar-refractivity contribution in [1.29, 1.82) is 0 Å². The summed E-state index contributed by atoms with van der Waals surface area (Å²) in [5, 5.41) is 0. The molecule has 5 heterocycles. The lowest BCUT2D eigenvalue weighted by molar-refractivity contribution is 0.0437. The topological polar surface area (TPSA) is 128 Å². The molecule has 1 aliphatic rings. The summed E-state index contributed by atoms with van der Waals surface area (Å²) in [6.07, 6.45) is 5.40. The minimum atomic E-state index is -0.596. The Balaban J connectivity index is 1.46. The fourth-order valence-electron chi connectivity index (χ4n) is 4.54. The predicted octanol–water partition coefficient (Wildman–Crippen LogP) is 2.46. The number of fused-ring (bicyclic) bond motifs is 1. The van der Waals surface area contributed by atoms with E-state index in [1.54, 1.807) is 10.8 Å². The molecule has 5 rings (SSSR count). The number of rotatable bonds is 6. The number of nitrogens with one attached hydrogen (secondary N) is 1. The van der Waals surface area contributed by atoms with E-state index >= 15 is 0 Å². The maximum atomic E-state index is 13.9. The van der Waals surface area contributed by atoms with Gasteiger partial charge in [-0.15, -0.1) is 0 Å². The van der Waals surface area contributed by atoms with Gasteiger partial charge in [0, 0.05) is 36.5 Å². The number of likely N-dealkylation sites (tertiary alicyclic amines) is 1. The Kier molecular flexibility index (Phi) is 5.72. The van der Waals surface area contributed by atoms with Gasteiger partial charge in [-0.3, -0.25) is 9.97 Å². The van der Waals surface area contributed by atoms with Gasteiger partial charge in [-0.25, -0.2) is 19.2 Å². The molecule has 11 heteroatoms. The molecule has 182 valence electrons. The molecule has 0 spiro atoms. The smallest absolute Gasteiger partial charge is 0.348 e. The summed E-state index contributed by atoms with van der Waals surface area (Å²) >= 11 is 0. The highest BCUT2D eigenvalue weighted by Gasteiger charge is 2.36. The van der Waals surface area contributed by atoms with Gasteiger partial charge in [0.2, 0.25) is 5.88 Å². The third-order valence-electron chi connectivity index (χ3n) is 6.49. The average molecular weight is 479 g/mol. The zero-order valence-electron chi connectivity index (χ0n) is 19.8. The minimum Gasteiger partial charge on any atom is -0.471 e. The first-order chi connectivity index (χ1) is 16.7. The number of pyridine rings is 2. The van der Waals surface area contributed by atoms with Crippen molar-refractivity contribution >= 4 is 17.0 Å². The molecular weight excluding hydrogens is 451 g/mol. The van der Waals surface area contributed by atoms with E-state index in [-0.39, 0.29) is 23.6 Å². The van der Waals surface area contributed by atoms with Gasteiger partial charge in [-0.05, 0) is 45.5 Å². The zero-order chi connectivity index (χ0) is 24.7. The number of nitrogen functional groups attached to an aromatic ring is 1. The van der Waals surface area contributed by atoms with E-state index in [0.717, 1.165) is 31.3 Å². The molecule has 0 amide bonds. The Morgan fingerprint density at radius 3 is 2.77 bits per heavy atom. The highest BCUT2D eigenvalue weighted by Crippen LogP contribution is 2.31. The second kappa shape index (κ2) is 8.73. The summed E-state index contributed by atoms with van der Waals surface area (Å²) in [6.45, 7) is 6.52. The predicted molar refractivity (Wildman–Crippen MR) is 129 cm³/mol. The van der Waals surface area contributed by atoms with Gasteiger partial charge >= 0.3 is 5.69 Å². The van der Waals surface area contributed by atoms with Crippen molar-refractivity contribution in [1.82, 2.24) is 34.4 Å². The molecule has 0 aromatic carbocycles. The second-order valence-electron chi connectivity index (χ2n) is 9.50. The Hall–Kier alpha value is -3.86. The van der Waals surface area contributed by atoms with E-state index < -0.39 is 11.5 Å². The minimum absolute atomic E-state index is 0.0889. The average Bonchev–Trinajstić information content (AvgIpc) is 3.40. The van der Waals surface area contributed by atoms with Crippen LogP contribution in [0.2, 0.25) is 0 Å². The molecule has 0 bridgehead atoms. The number of H-pyrrole nitrogens is 1. The lowest BCUT2D eigenvalue weighted by Gasteiger charge is -2.32. The Bertz CT molecular complexity index is 1430. The van der Waals surface area contributed by atoms with Crippen molar-refractivity contribution in [3.05, 3.63) is 58.7 Å². The van der Waals surface area contributed by atoms with E-state index in [0.29, 0.717) is 28.7 Å². The van der Waals surface area contributed by atoms with Gasteiger partial charge in [-0.1, -0.05) is 6.07 Å². The first kappa shape index (κ1) is 22.9. The molecule has 1 atom stereocenters. The first-order valence-corrected chi connectivity index (χ1v) is 11.4. The van der Waals surface area contributed by atoms with Gasteiger partial charge in [0.25, 0.3) is 0 Å². The van der Waals surface area contributed by atoms with Crippen molar-refractivity contribution in [2.24, 2.45) is 5.92 Å². The number of aromatic amines is 1. The van der Waals surface area contributed by atoms with Crippen molar-refractivity contribution < 1.29 is 9.13 Å². The van der Waals surface area contributed by atoms with Gasteiger partial charge in [0.05, 0.1) is 12.7 Å². The molecule has 0 saturated carbocycles. The molecule has 1 aliphatic heterocycles. The van der Waals surface area contributed by atoms with Crippen molar-refractivity contribution in [2.75, 3.05) is 25.9 Å². The number of nitrogens with two attached hydrogens (primary N) is 1. The molecule has 1 fully saturated rings. The summed E-state index contributed by atoms with van der Waals surface area (Å²) in [7, 11) is 2.12. The lowest BCUT2D eigenvalue weighted by atomic mass is 9.90. The second-order valence-corrected chi connectivity index (χ2v) is 9.50. The highest BCUT2D eigenvalue weighted by atomic mass is 19.1. The maximum Gasteiger partial charge on any atom is 0.348 e. The summed E-state index contributed by atoms with van der Waals surface area (Å²) in [5.74, 6) is 0.931. The molecule has 0 unspecified atom stereocenters. The number of nitrogens with zero attached hydrogens (tertiary/aromatic N) is 6. The van der Waals surface area contributed by atoms with E-state index in [2.05, 4.69) is 50.7 Å². The van der Waals surface area contributed by atoms with Crippen LogP contribution in [-0.2, 0) is 6.54 Å². The van der Waals surface area contributed by atoms with Crippen LogP contribution in [0.1, 0.15) is 25.8 Å². The van der Waals surface area contributed by atoms with Crippen molar-refractivity contribution in [3.8, 4) is 17.3 Å². The molecule has 4 aromatic rings. The Morgan fingerprint density at radius 2 is 2.09 bits per heavy atom.